The molecular formula is C18H17BrN4O2. The van der Waals surface area contributed by atoms with Gasteiger partial charge >= 0.3 is 0 Å². The van der Waals surface area contributed by atoms with Gasteiger partial charge < -0.3 is 9.67 Å². The number of carbonyl (C=O) groups is 1. The number of nitrogens with zero attached hydrogens (tertiary/aromatic N) is 4. The Hall–Kier alpha value is -2.54. The molecule has 0 bridgehead atoms. The third kappa shape index (κ3) is 3.61. The summed E-state index contributed by atoms with van der Waals surface area (Å²) in [7, 11) is 0. The van der Waals surface area contributed by atoms with E-state index in [1.54, 1.807) is 16.8 Å². The quantitative estimate of drug-likeness (QED) is 0.595. The first-order valence-corrected chi connectivity index (χ1v) is 8.78. The summed E-state index contributed by atoms with van der Waals surface area (Å²) in [5.41, 5.74) is 1.51. The minimum absolute atomic E-state index is 0.0265. The lowest BCUT2D eigenvalue weighted by atomic mass is 10.2. The van der Waals surface area contributed by atoms with Crippen LogP contribution in [0.15, 0.2) is 57.4 Å². The van der Waals surface area contributed by atoms with Crippen molar-refractivity contribution in [3.05, 3.63) is 52.8 Å². The van der Waals surface area contributed by atoms with Crippen LogP contribution in [0.1, 0.15) is 30.1 Å². The summed E-state index contributed by atoms with van der Waals surface area (Å²) >= 11 is 3.27. The molecule has 3 rings (SSSR count). The van der Waals surface area contributed by atoms with E-state index in [-0.39, 0.29) is 5.88 Å². The molecule has 0 radical (unpaired) electrons. The van der Waals surface area contributed by atoms with Crippen molar-refractivity contribution in [2.75, 3.05) is 0 Å². The molecule has 25 heavy (non-hydrogen) atoms. The summed E-state index contributed by atoms with van der Waals surface area (Å²) in [5, 5.41) is 19.1. The van der Waals surface area contributed by atoms with Crippen LogP contribution in [0.25, 0.3) is 10.9 Å². The number of hydrogen-bond acceptors (Lipinski definition) is 4. The van der Waals surface area contributed by atoms with Crippen LogP contribution in [0.2, 0.25) is 0 Å². The topological polar surface area (TPSA) is 79.8 Å². The molecule has 1 aromatic carbocycles. The minimum atomic E-state index is -0.515. The Balaban J connectivity index is 1.98. The zero-order chi connectivity index (χ0) is 17.8. The lowest BCUT2D eigenvalue weighted by molar-refractivity contribution is 0.0994. The van der Waals surface area contributed by atoms with Crippen molar-refractivity contribution in [1.29, 1.82) is 0 Å². The van der Waals surface area contributed by atoms with Crippen LogP contribution in [0.3, 0.4) is 0 Å². The molecule has 0 saturated heterocycles. The molecule has 0 unspecified atom stereocenters. The molecule has 3 aromatic rings. The van der Waals surface area contributed by atoms with E-state index in [0.29, 0.717) is 22.3 Å². The molecule has 0 aliphatic heterocycles. The molecule has 2 heterocycles. The van der Waals surface area contributed by atoms with Gasteiger partial charge in [-0.05, 0) is 34.5 Å². The fourth-order valence-electron chi connectivity index (χ4n) is 2.59. The Morgan fingerprint density at radius 1 is 1.32 bits per heavy atom. The third-order valence-electron chi connectivity index (χ3n) is 3.85. The summed E-state index contributed by atoms with van der Waals surface area (Å²) in [5.74, 6) is -0.489. The highest BCUT2D eigenvalue weighted by Crippen LogP contribution is 2.39. The fraction of sp³-hybridized carbons (Fsp3) is 0.222. The van der Waals surface area contributed by atoms with E-state index in [1.807, 2.05) is 24.3 Å². The number of benzene rings is 1. The first-order chi connectivity index (χ1) is 12.1. The third-order valence-corrected chi connectivity index (χ3v) is 4.28. The molecule has 0 aliphatic carbocycles. The first kappa shape index (κ1) is 17.3. The van der Waals surface area contributed by atoms with Gasteiger partial charge in [0.05, 0.1) is 11.1 Å². The Bertz CT molecular complexity index is 949. The van der Waals surface area contributed by atoms with E-state index in [2.05, 4.69) is 38.1 Å². The number of azo groups is 1. The van der Waals surface area contributed by atoms with Crippen molar-refractivity contribution >= 4 is 38.4 Å². The second-order valence-electron chi connectivity index (χ2n) is 5.59. The van der Waals surface area contributed by atoms with E-state index in [9.17, 15) is 9.90 Å². The average molecular weight is 401 g/mol. The number of aryl methyl sites for hydroxylation is 1. The summed E-state index contributed by atoms with van der Waals surface area (Å²) in [6, 6.07) is 9.17. The molecular weight excluding hydrogens is 384 g/mol. The normalized spacial score (nSPS) is 11.4. The van der Waals surface area contributed by atoms with Crippen LogP contribution in [-0.4, -0.2) is 20.6 Å². The van der Waals surface area contributed by atoms with Gasteiger partial charge in [-0.2, -0.15) is 0 Å². The Kier molecular flexibility index (Phi) is 5.23. The molecule has 0 aliphatic rings. The maximum atomic E-state index is 12.2. The second kappa shape index (κ2) is 7.57. The smallest absolute Gasteiger partial charge is 0.297 e. The van der Waals surface area contributed by atoms with Crippen LogP contribution in [0.5, 0.6) is 5.88 Å². The molecule has 1 amide bonds. The number of rotatable bonds is 5. The van der Waals surface area contributed by atoms with Gasteiger partial charge in [-0.3, -0.25) is 9.78 Å². The number of amides is 1. The van der Waals surface area contributed by atoms with Gasteiger partial charge in [0.25, 0.3) is 5.91 Å². The highest BCUT2D eigenvalue weighted by Gasteiger charge is 2.16. The van der Waals surface area contributed by atoms with Crippen molar-refractivity contribution in [3.8, 4) is 5.88 Å². The van der Waals surface area contributed by atoms with Gasteiger partial charge in [0.1, 0.15) is 0 Å². The van der Waals surface area contributed by atoms with Crippen LogP contribution in [0.4, 0.5) is 5.69 Å². The molecule has 0 spiro atoms. The molecule has 1 N–H and O–H groups in total. The number of unbranched alkanes of at least 4 members (excludes halogenated alkanes) is 1. The van der Waals surface area contributed by atoms with Crippen molar-refractivity contribution in [3.63, 3.8) is 0 Å². The van der Waals surface area contributed by atoms with Gasteiger partial charge in [-0.25, -0.2) is 0 Å². The van der Waals surface area contributed by atoms with Crippen LogP contribution in [0, 0.1) is 0 Å². The first-order valence-electron chi connectivity index (χ1n) is 7.98. The van der Waals surface area contributed by atoms with Gasteiger partial charge in [0.2, 0.25) is 5.88 Å². The molecule has 2 aromatic heterocycles. The Labute approximate surface area is 153 Å². The number of pyridine rings is 1. The fourth-order valence-corrected chi connectivity index (χ4v) is 2.96. The predicted molar refractivity (Wildman–Crippen MR) is 99.3 cm³/mol. The molecule has 7 heteroatoms. The SMILES string of the molecule is CCCCn1c(O)c(N=NC(=O)c2cncc(Br)c2)c2ccccc21. The maximum absolute atomic E-state index is 12.2. The monoisotopic (exact) mass is 400 g/mol. The van der Waals surface area contributed by atoms with E-state index in [1.165, 1.54) is 6.20 Å². The lowest BCUT2D eigenvalue weighted by Gasteiger charge is -2.05. The standard InChI is InChI=1S/C18H17BrN4O2/c1-2-3-8-23-15-7-5-4-6-14(15)16(18(23)25)21-22-17(24)12-9-13(19)11-20-10-12/h4-7,9-11,25H,2-3,8H2,1H3. The molecule has 6 nitrogen and oxygen atoms in total. The summed E-state index contributed by atoms with van der Waals surface area (Å²) in [4.78, 5) is 16.1. The Morgan fingerprint density at radius 3 is 2.88 bits per heavy atom. The van der Waals surface area contributed by atoms with Crippen molar-refractivity contribution < 1.29 is 9.90 Å². The molecule has 128 valence electrons. The Morgan fingerprint density at radius 2 is 2.12 bits per heavy atom. The number of fused-ring (bicyclic) bond motifs is 1. The van der Waals surface area contributed by atoms with Gasteiger partial charge in [-0.1, -0.05) is 31.5 Å². The number of carbonyl (C=O) groups excluding carboxylic acids is 1. The summed E-state index contributed by atoms with van der Waals surface area (Å²) in [6.07, 6.45) is 4.96. The highest BCUT2D eigenvalue weighted by atomic mass is 79.9. The zero-order valence-electron chi connectivity index (χ0n) is 13.7. The minimum Gasteiger partial charge on any atom is -0.493 e. The number of aromatic nitrogens is 2. The lowest BCUT2D eigenvalue weighted by Crippen LogP contribution is -1.96. The summed E-state index contributed by atoms with van der Waals surface area (Å²) in [6.45, 7) is 2.77. The van der Waals surface area contributed by atoms with Gasteiger partial charge in [0, 0.05) is 28.8 Å². The largest absolute Gasteiger partial charge is 0.493 e. The van der Waals surface area contributed by atoms with E-state index in [0.717, 1.165) is 23.7 Å². The van der Waals surface area contributed by atoms with E-state index in [4.69, 9.17) is 0 Å². The number of halogens is 1. The van der Waals surface area contributed by atoms with Crippen LogP contribution < -0.4 is 0 Å². The second-order valence-corrected chi connectivity index (χ2v) is 6.51. The molecule has 0 saturated carbocycles. The zero-order valence-corrected chi connectivity index (χ0v) is 15.3. The molecule has 0 atom stereocenters. The van der Waals surface area contributed by atoms with Crippen LogP contribution >= 0.6 is 15.9 Å². The van der Waals surface area contributed by atoms with E-state index >= 15 is 0 Å². The van der Waals surface area contributed by atoms with Crippen molar-refractivity contribution in [1.82, 2.24) is 9.55 Å². The summed E-state index contributed by atoms with van der Waals surface area (Å²) < 4.78 is 2.49. The highest BCUT2D eigenvalue weighted by molar-refractivity contribution is 9.10. The average Bonchev–Trinajstić information content (AvgIpc) is 2.89. The number of aromatic hydroxyl groups is 1. The van der Waals surface area contributed by atoms with Crippen LogP contribution in [-0.2, 0) is 6.54 Å². The predicted octanol–water partition coefficient (Wildman–Crippen LogP) is 5.23. The number of para-hydroxylation sites is 1. The number of hydrogen-bond donors (Lipinski definition) is 1. The van der Waals surface area contributed by atoms with Crippen molar-refractivity contribution in [2.24, 2.45) is 10.2 Å². The molecule has 0 fully saturated rings. The van der Waals surface area contributed by atoms with Gasteiger partial charge in [-0.15, -0.1) is 10.2 Å². The maximum Gasteiger partial charge on any atom is 0.297 e. The van der Waals surface area contributed by atoms with Gasteiger partial charge in [0.15, 0.2) is 5.69 Å². The van der Waals surface area contributed by atoms with E-state index < -0.39 is 5.91 Å². The van der Waals surface area contributed by atoms with Crippen molar-refractivity contribution in [2.45, 2.75) is 26.3 Å².